The first-order chi connectivity index (χ1) is 15.3. The summed E-state index contributed by atoms with van der Waals surface area (Å²) in [5.74, 6) is 0.583. The fraction of sp³-hybridized carbons (Fsp3) is 0.364. The van der Waals surface area contributed by atoms with Crippen LogP contribution in [0.2, 0.25) is 0 Å². The highest BCUT2D eigenvalue weighted by molar-refractivity contribution is 9.10. The Morgan fingerprint density at radius 2 is 1.66 bits per heavy atom. The number of anilines is 2. The Morgan fingerprint density at radius 3 is 2.28 bits per heavy atom. The number of nitrogens with one attached hydrogen (secondary N) is 1. The summed E-state index contributed by atoms with van der Waals surface area (Å²) < 4.78 is 57.6. The second kappa shape index (κ2) is 8.30. The lowest BCUT2D eigenvalue weighted by atomic mass is 10.2. The van der Waals surface area contributed by atoms with Crippen LogP contribution >= 0.6 is 27.3 Å². The Hall–Kier alpha value is -1.62. The van der Waals surface area contributed by atoms with Crippen molar-refractivity contribution in [2.45, 2.75) is 42.2 Å². The van der Waals surface area contributed by atoms with Crippen molar-refractivity contribution in [3.8, 4) is 0 Å². The number of halogens is 1. The van der Waals surface area contributed by atoms with Gasteiger partial charge in [0.15, 0.2) is 0 Å². The summed E-state index contributed by atoms with van der Waals surface area (Å²) in [5.41, 5.74) is 0.378. The van der Waals surface area contributed by atoms with Crippen molar-refractivity contribution in [1.82, 2.24) is 0 Å². The molecule has 6 nitrogen and oxygen atoms in total. The van der Waals surface area contributed by atoms with E-state index in [4.69, 9.17) is 0 Å². The van der Waals surface area contributed by atoms with Crippen LogP contribution in [0.1, 0.15) is 32.1 Å². The van der Waals surface area contributed by atoms with Gasteiger partial charge in [-0.2, -0.15) is 0 Å². The van der Waals surface area contributed by atoms with Crippen molar-refractivity contribution >= 4 is 68.1 Å². The number of benzene rings is 2. The van der Waals surface area contributed by atoms with Crippen LogP contribution in [0.3, 0.4) is 0 Å². The van der Waals surface area contributed by atoms with Gasteiger partial charge in [0.2, 0.25) is 10.0 Å². The van der Waals surface area contributed by atoms with Gasteiger partial charge in [0.25, 0.3) is 10.0 Å². The van der Waals surface area contributed by atoms with Crippen molar-refractivity contribution < 1.29 is 16.8 Å². The summed E-state index contributed by atoms with van der Waals surface area (Å²) in [6.45, 7) is 0.411. The molecule has 2 aliphatic carbocycles. The Kier molecular flexibility index (Phi) is 5.76. The maximum absolute atomic E-state index is 13.7. The predicted molar refractivity (Wildman–Crippen MR) is 133 cm³/mol. The summed E-state index contributed by atoms with van der Waals surface area (Å²) in [6, 6.07) is 13.8. The molecule has 0 bridgehead atoms. The molecule has 5 rings (SSSR count). The molecule has 0 aliphatic heterocycles. The first-order valence-electron chi connectivity index (χ1n) is 10.6. The lowest BCUT2D eigenvalue weighted by Crippen LogP contribution is -2.32. The number of fused-ring (bicyclic) bond motifs is 1. The summed E-state index contributed by atoms with van der Waals surface area (Å²) in [4.78, 5) is 0.145. The van der Waals surface area contributed by atoms with E-state index >= 15 is 0 Å². The van der Waals surface area contributed by atoms with Gasteiger partial charge in [-0.1, -0.05) is 31.0 Å². The molecule has 0 spiro atoms. The van der Waals surface area contributed by atoms with Crippen LogP contribution in [-0.2, 0) is 20.0 Å². The van der Waals surface area contributed by atoms with Crippen LogP contribution in [0.25, 0.3) is 10.1 Å². The molecular weight excluding hydrogens is 532 g/mol. The highest BCUT2D eigenvalue weighted by atomic mass is 79.9. The minimum Gasteiger partial charge on any atom is -0.283 e. The average Bonchev–Trinajstić information content (AvgIpc) is 3.67. The molecule has 0 radical (unpaired) electrons. The largest absolute Gasteiger partial charge is 0.283 e. The van der Waals surface area contributed by atoms with E-state index in [-0.39, 0.29) is 10.1 Å². The molecule has 1 heterocycles. The van der Waals surface area contributed by atoms with Gasteiger partial charge in [-0.25, -0.2) is 16.8 Å². The zero-order chi connectivity index (χ0) is 22.5. The molecule has 1 aromatic heterocycles. The second-order valence-corrected chi connectivity index (χ2v) is 14.0. The number of nitrogens with zero attached hydrogens (tertiary/aromatic N) is 1. The van der Waals surface area contributed by atoms with E-state index in [1.54, 1.807) is 0 Å². The van der Waals surface area contributed by atoms with Gasteiger partial charge in [0.1, 0.15) is 5.00 Å². The Morgan fingerprint density at radius 1 is 0.969 bits per heavy atom. The maximum Gasteiger partial charge on any atom is 0.264 e. The molecule has 0 atom stereocenters. The van der Waals surface area contributed by atoms with E-state index < -0.39 is 20.0 Å². The predicted octanol–water partition coefficient (Wildman–Crippen LogP) is 5.56. The number of hydrogen-bond donors (Lipinski definition) is 1. The van der Waals surface area contributed by atoms with Crippen LogP contribution in [-0.4, -0.2) is 28.6 Å². The van der Waals surface area contributed by atoms with Gasteiger partial charge in [-0.3, -0.25) is 9.03 Å². The molecule has 0 amide bonds. The zero-order valence-corrected chi connectivity index (χ0v) is 21.2. The Labute approximate surface area is 200 Å². The Bertz CT molecular complexity index is 1360. The van der Waals surface area contributed by atoms with Crippen molar-refractivity contribution in [3.63, 3.8) is 0 Å². The summed E-state index contributed by atoms with van der Waals surface area (Å²) in [5, 5.41) is 1.32. The third-order valence-electron chi connectivity index (χ3n) is 5.85. The van der Waals surface area contributed by atoms with E-state index in [9.17, 15) is 16.8 Å². The van der Waals surface area contributed by atoms with Gasteiger partial charge in [0.05, 0.1) is 14.6 Å². The molecule has 170 valence electrons. The molecule has 2 aromatic carbocycles. The SMILES string of the molecule is O=S(=O)(Nc1ccc(S(=O)(=O)N(CCC2CC2)c2sc3ccccc3c2Br)cc1)C1CC1. The van der Waals surface area contributed by atoms with Gasteiger partial charge in [-0.05, 0) is 71.4 Å². The molecular formula is C22H23BrN2O4S3. The summed E-state index contributed by atoms with van der Waals surface area (Å²) in [6.07, 6.45) is 4.46. The molecule has 0 saturated heterocycles. The monoisotopic (exact) mass is 554 g/mol. The first-order valence-corrected chi connectivity index (χ1v) is 15.2. The first kappa shape index (κ1) is 22.2. The Balaban J connectivity index is 1.47. The molecule has 2 aliphatic rings. The van der Waals surface area contributed by atoms with E-state index in [2.05, 4.69) is 20.7 Å². The van der Waals surface area contributed by atoms with E-state index in [1.807, 2.05) is 24.3 Å². The van der Waals surface area contributed by atoms with Gasteiger partial charge in [0, 0.05) is 22.3 Å². The summed E-state index contributed by atoms with van der Waals surface area (Å²) in [7, 11) is -7.21. The topological polar surface area (TPSA) is 83.5 Å². The van der Waals surface area contributed by atoms with E-state index in [0.717, 1.165) is 33.8 Å². The minimum absolute atomic E-state index is 0.145. The van der Waals surface area contributed by atoms with Gasteiger partial charge in [-0.15, -0.1) is 11.3 Å². The standard InChI is InChI=1S/C22H23BrN2O4S3/c23-21-19-3-1-2-4-20(19)30-22(21)25(14-13-15-5-6-15)32(28,29)18-9-7-16(8-10-18)24-31(26,27)17-11-12-17/h1-4,7-10,15,17,24H,5-6,11-14H2. The number of hydrogen-bond acceptors (Lipinski definition) is 5. The molecule has 2 fully saturated rings. The van der Waals surface area contributed by atoms with Crippen LogP contribution < -0.4 is 9.03 Å². The lowest BCUT2D eigenvalue weighted by molar-refractivity contribution is 0.587. The van der Waals surface area contributed by atoms with Crippen molar-refractivity contribution in [3.05, 3.63) is 53.0 Å². The number of rotatable bonds is 9. The van der Waals surface area contributed by atoms with E-state index in [0.29, 0.717) is 36.0 Å². The third kappa shape index (κ3) is 4.42. The summed E-state index contributed by atoms with van der Waals surface area (Å²) >= 11 is 5.09. The van der Waals surface area contributed by atoms with Crippen LogP contribution in [0.5, 0.6) is 0 Å². The van der Waals surface area contributed by atoms with Gasteiger partial charge < -0.3 is 0 Å². The molecule has 2 saturated carbocycles. The normalized spacial score (nSPS) is 16.9. The molecule has 0 unspecified atom stereocenters. The fourth-order valence-corrected chi connectivity index (χ4v) is 8.91. The van der Waals surface area contributed by atoms with Gasteiger partial charge >= 0.3 is 0 Å². The molecule has 32 heavy (non-hydrogen) atoms. The number of sulfonamides is 2. The van der Waals surface area contributed by atoms with Crippen LogP contribution in [0.15, 0.2) is 57.9 Å². The molecule has 10 heteroatoms. The minimum atomic E-state index is -3.82. The van der Waals surface area contributed by atoms with Crippen LogP contribution in [0, 0.1) is 5.92 Å². The highest BCUT2D eigenvalue weighted by Crippen LogP contribution is 2.44. The zero-order valence-electron chi connectivity index (χ0n) is 17.2. The smallest absolute Gasteiger partial charge is 0.264 e. The van der Waals surface area contributed by atoms with Crippen molar-refractivity contribution in [2.75, 3.05) is 15.6 Å². The second-order valence-electron chi connectivity index (χ2n) is 8.40. The van der Waals surface area contributed by atoms with Crippen molar-refractivity contribution in [2.24, 2.45) is 5.92 Å². The maximum atomic E-state index is 13.7. The van der Waals surface area contributed by atoms with Crippen molar-refractivity contribution in [1.29, 1.82) is 0 Å². The number of thiophene rings is 1. The lowest BCUT2D eigenvalue weighted by Gasteiger charge is -2.24. The molecule has 3 aromatic rings. The molecule has 1 N–H and O–H groups in total. The van der Waals surface area contributed by atoms with Crippen LogP contribution in [0.4, 0.5) is 10.7 Å². The quantitative estimate of drug-likeness (QED) is 0.375. The third-order valence-corrected chi connectivity index (χ3v) is 11.9. The fourth-order valence-electron chi connectivity index (χ4n) is 3.65. The highest BCUT2D eigenvalue weighted by Gasteiger charge is 2.36. The average molecular weight is 556 g/mol. The van der Waals surface area contributed by atoms with E-state index in [1.165, 1.54) is 39.9 Å².